The molecule has 0 aliphatic carbocycles. The van der Waals surface area contributed by atoms with E-state index in [1.54, 1.807) is 24.3 Å². The third-order valence-electron chi connectivity index (χ3n) is 3.23. The summed E-state index contributed by atoms with van der Waals surface area (Å²) in [6, 6.07) is 6.62. The van der Waals surface area contributed by atoms with Crippen LogP contribution in [-0.4, -0.2) is 31.6 Å². The summed E-state index contributed by atoms with van der Waals surface area (Å²) in [5.41, 5.74) is 0.446. The second-order valence-corrected chi connectivity index (χ2v) is 5.74. The minimum absolute atomic E-state index is 0.0381. The molecule has 0 saturated carbocycles. The Kier molecular flexibility index (Phi) is 7.43. The van der Waals surface area contributed by atoms with E-state index in [4.69, 9.17) is 4.74 Å². The molecule has 1 N–H and O–H groups in total. The van der Waals surface area contributed by atoms with Crippen molar-refractivity contribution < 1.29 is 19.1 Å². The molecule has 1 amide bonds. The molecule has 0 unspecified atom stereocenters. The van der Waals surface area contributed by atoms with Gasteiger partial charge in [-0.25, -0.2) is 4.79 Å². The maximum atomic E-state index is 11.8. The maximum absolute atomic E-state index is 11.8. The van der Waals surface area contributed by atoms with Crippen molar-refractivity contribution in [3.05, 3.63) is 29.8 Å². The molecule has 5 heteroatoms. The predicted octanol–water partition coefficient (Wildman–Crippen LogP) is 2.79. The molecule has 0 spiro atoms. The fourth-order valence-corrected chi connectivity index (χ4v) is 1.93. The van der Waals surface area contributed by atoms with Crippen molar-refractivity contribution >= 4 is 11.9 Å². The number of carbonyl (C=O) groups is 2. The number of hydrogen-bond acceptors (Lipinski definition) is 4. The van der Waals surface area contributed by atoms with Gasteiger partial charge in [-0.3, -0.25) is 4.79 Å². The fraction of sp³-hybridized carbons (Fsp3) is 0.529. The monoisotopic (exact) mass is 307 g/mol. The van der Waals surface area contributed by atoms with E-state index in [-0.39, 0.29) is 18.6 Å². The number of methoxy groups -OCH3 is 1. The zero-order chi connectivity index (χ0) is 16.5. The average molecular weight is 307 g/mol. The summed E-state index contributed by atoms with van der Waals surface area (Å²) >= 11 is 0. The Labute approximate surface area is 132 Å². The topological polar surface area (TPSA) is 64.6 Å². The normalized spacial score (nSPS) is 11.9. The fourth-order valence-electron chi connectivity index (χ4n) is 1.93. The van der Waals surface area contributed by atoms with Gasteiger partial charge in [0.1, 0.15) is 5.75 Å². The number of hydrogen-bond donors (Lipinski definition) is 1. The third-order valence-corrected chi connectivity index (χ3v) is 3.23. The number of nitrogens with one attached hydrogen (secondary N) is 1. The lowest BCUT2D eigenvalue weighted by Crippen LogP contribution is -2.36. The molecule has 0 aromatic heterocycles. The van der Waals surface area contributed by atoms with Gasteiger partial charge in [0.05, 0.1) is 12.7 Å². The zero-order valence-corrected chi connectivity index (χ0v) is 13.7. The zero-order valence-electron chi connectivity index (χ0n) is 13.7. The second-order valence-electron chi connectivity index (χ2n) is 5.74. The maximum Gasteiger partial charge on any atom is 0.337 e. The number of rotatable bonds is 8. The lowest BCUT2D eigenvalue weighted by molar-refractivity contribution is -0.123. The van der Waals surface area contributed by atoms with Crippen LogP contribution in [0.3, 0.4) is 0 Å². The van der Waals surface area contributed by atoms with Crippen LogP contribution >= 0.6 is 0 Å². The Balaban J connectivity index is 2.36. The molecule has 0 heterocycles. The van der Waals surface area contributed by atoms with Crippen LogP contribution in [0.4, 0.5) is 0 Å². The minimum Gasteiger partial charge on any atom is -0.484 e. The van der Waals surface area contributed by atoms with Crippen molar-refractivity contribution in [1.29, 1.82) is 0 Å². The van der Waals surface area contributed by atoms with E-state index in [1.807, 2.05) is 6.92 Å². The molecule has 1 aromatic carbocycles. The van der Waals surface area contributed by atoms with Gasteiger partial charge in [0.25, 0.3) is 5.91 Å². The van der Waals surface area contributed by atoms with Gasteiger partial charge in [-0.15, -0.1) is 0 Å². The van der Waals surface area contributed by atoms with Crippen molar-refractivity contribution in [3.8, 4) is 5.75 Å². The molecule has 1 aromatic rings. The highest BCUT2D eigenvalue weighted by Crippen LogP contribution is 2.13. The van der Waals surface area contributed by atoms with E-state index in [2.05, 4.69) is 23.9 Å². The highest BCUT2D eigenvalue weighted by molar-refractivity contribution is 5.89. The summed E-state index contributed by atoms with van der Waals surface area (Å²) in [6.07, 6.45) is 2.04. The Morgan fingerprint density at radius 3 is 2.27 bits per heavy atom. The van der Waals surface area contributed by atoms with Gasteiger partial charge in [0.2, 0.25) is 0 Å². The van der Waals surface area contributed by atoms with Crippen molar-refractivity contribution in [1.82, 2.24) is 5.32 Å². The lowest BCUT2D eigenvalue weighted by atomic mass is 10.0. The van der Waals surface area contributed by atoms with Crippen molar-refractivity contribution in [2.75, 3.05) is 13.7 Å². The van der Waals surface area contributed by atoms with E-state index in [1.165, 1.54) is 7.11 Å². The number of amides is 1. The standard InChI is InChI=1S/C17H25NO4/c1-12(2)5-6-13(3)18-16(19)11-22-15-9-7-14(8-10-15)17(20)21-4/h7-10,12-13H,5-6,11H2,1-4H3,(H,18,19)/t13-/m1/s1. The third kappa shape index (κ3) is 6.61. The first-order valence-electron chi connectivity index (χ1n) is 7.53. The number of carbonyl (C=O) groups excluding carboxylic acids is 2. The van der Waals surface area contributed by atoms with Crippen molar-refractivity contribution in [3.63, 3.8) is 0 Å². The Hall–Kier alpha value is -2.04. The van der Waals surface area contributed by atoms with Gasteiger partial charge in [-0.1, -0.05) is 13.8 Å². The van der Waals surface area contributed by atoms with Gasteiger partial charge in [-0.05, 0) is 49.9 Å². The quantitative estimate of drug-likeness (QED) is 0.750. The molecule has 0 bridgehead atoms. The van der Waals surface area contributed by atoms with Crippen LogP contribution in [0.25, 0.3) is 0 Å². The average Bonchev–Trinajstić information content (AvgIpc) is 2.50. The molecule has 122 valence electrons. The molecule has 22 heavy (non-hydrogen) atoms. The van der Waals surface area contributed by atoms with Gasteiger partial charge in [0, 0.05) is 6.04 Å². The SMILES string of the molecule is COC(=O)c1ccc(OCC(=O)N[C@H](C)CCC(C)C)cc1. The van der Waals surface area contributed by atoms with Crippen LogP contribution in [-0.2, 0) is 9.53 Å². The number of esters is 1. The summed E-state index contributed by atoms with van der Waals surface area (Å²) in [7, 11) is 1.33. The summed E-state index contributed by atoms with van der Waals surface area (Å²) in [6.45, 7) is 6.28. The number of ether oxygens (including phenoxy) is 2. The smallest absolute Gasteiger partial charge is 0.337 e. The first-order chi connectivity index (χ1) is 10.4. The Morgan fingerprint density at radius 2 is 1.73 bits per heavy atom. The van der Waals surface area contributed by atoms with Gasteiger partial charge >= 0.3 is 5.97 Å². The Bertz CT molecular complexity index is 482. The molecule has 0 radical (unpaired) electrons. The van der Waals surface area contributed by atoms with Crippen LogP contribution in [0.1, 0.15) is 44.0 Å². The van der Waals surface area contributed by atoms with Crippen LogP contribution in [0, 0.1) is 5.92 Å². The molecule has 0 fully saturated rings. The molecule has 0 aliphatic rings. The Morgan fingerprint density at radius 1 is 1.09 bits per heavy atom. The summed E-state index contributed by atoms with van der Waals surface area (Å²) in [5.74, 6) is 0.623. The highest BCUT2D eigenvalue weighted by Gasteiger charge is 2.09. The molecule has 5 nitrogen and oxygen atoms in total. The molecule has 1 rings (SSSR count). The largest absolute Gasteiger partial charge is 0.484 e. The van der Waals surface area contributed by atoms with Crippen LogP contribution in [0.5, 0.6) is 5.75 Å². The second kappa shape index (κ2) is 9.07. The number of benzene rings is 1. The van der Waals surface area contributed by atoms with Gasteiger partial charge < -0.3 is 14.8 Å². The minimum atomic E-state index is -0.400. The first kappa shape index (κ1) is 18.0. The lowest BCUT2D eigenvalue weighted by Gasteiger charge is -2.15. The van der Waals surface area contributed by atoms with E-state index in [0.29, 0.717) is 17.2 Å². The summed E-state index contributed by atoms with van der Waals surface area (Å²) in [5, 5.41) is 2.91. The van der Waals surface area contributed by atoms with Crippen molar-refractivity contribution in [2.45, 2.75) is 39.7 Å². The van der Waals surface area contributed by atoms with Gasteiger partial charge in [-0.2, -0.15) is 0 Å². The van der Waals surface area contributed by atoms with Crippen LogP contribution < -0.4 is 10.1 Å². The molecule has 0 aliphatic heterocycles. The summed E-state index contributed by atoms with van der Waals surface area (Å²) < 4.78 is 10.0. The van der Waals surface area contributed by atoms with Crippen LogP contribution in [0.2, 0.25) is 0 Å². The van der Waals surface area contributed by atoms with E-state index in [0.717, 1.165) is 12.8 Å². The van der Waals surface area contributed by atoms with E-state index < -0.39 is 5.97 Å². The summed E-state index contributed by atoms with van der Waals surface area (Å²) in [4.78, 5) is 23.1. The molecule has 1 atom stereocenters. The first-order valence-corrected chi connectivity index (χ1v) is 7.53. The van der Waals surface area contributed by atoms with E-state index >= 15 is 0 Å². The van der Waals surface area contributed by atoms with E-state index in [9.17, 15) is 9.59 Å². The highest BCUT2D eigenvalue weighted by atomic mass is 16.5. The van der Waals surface area contributed by atoms with Gasteiger partial charge in [0.15, 0.2) is 6.61 Å². The molecular weight excluding hydrogens is 282 g/mol. The molecule has 0 saturated heterocycles. The predicted molar refractivity (Wildman–Crippen MR) is 85.0 cm³/mol. The van der Waals surface area contributed by atoms with Crippen LogP contribution in [0.15, 0.2) is 24.3 Å². The van der Waals surface area contributed by atoms with Crippen molar-refractivity contribution in [2.24, 2.45) is 5.92 Å². The molecular formula is C17H25NO4.